The molecular formula is C14H22N6. The molecule has 0 aliphatic rings. The van der Waals surface area contributed by atoms with Crippen LogP contribution in [0, 0.1) is 0 Å². The molecule has 0 saturated heterocycles. The van der Waals surface area contributed by atoms with E-state index in [1.165, 1.54) is 0 Å². The zero-order valence-corrected chi connectivity index (χ0v) is 12.6. The Morgan fingerprint density at radius 1 is 0.900 bits per heavy atom. The second-order valence-electron chi connectivity index (χ2n) is 4.93. The van der Waals surface area contributed by atoms with Crippen molar-refractivity contribution in [1.82, 2.24) is 19.6 Å². The average Bonchev–Trinajstić information content (AvgIpc) is 3.03. The third-order valence-corrected chi connectivity index (χ3v) is 3.11. The Bertz CT molecular complexity index is 517. The van der Waals surface area contributed by atoms with Gasteiger partial charge in [0.25, 0.3) is 0 Å². The number of aryl methyl sites for hydroxylation is 2. The van der Waals surface area contributed by atoms with Gasteiger partial charge in [0.1, 0.15) is 0 Å². The molecule has 0 radical (unpaired) electrons. The van der Waals surface area contributed by atoms with E-state index >= 15 is 0 Å². The fourth-order valence-corrected chi connectivity index (χ4v) is 1.87. The minimum atomic E-state index is 0.840. The first-order valence-electron chi connectivity index (χ1n) is 6.63. The van der Waals surface area contributed by atoms with Crippen molar-refractivity contribution in [1.29, 1.82) is 0 Å². The van der Waals surface area contributed by atoms with Crippen LogP contribution >= 0.6 is 0 Å². The van der Waals surface area contributed by atoms with Gasteiger partial charge in [-0.05, 0) is 0 Å². The van der Waals surface area contributed by atoms with E-state index in [1.807, 2.05) is 62.1 Å². The molecule has 6 heteroatoms. The number of likely N-dealkylation sites (N-methyl/N-ethyl adjacent to an activating group) is 2. The first-order chi connectivity index (χ1) is 9.56. The summed E-state index contributed by atoms with van der Waals surface area (Å²) < 4.78 is 3.62. The molecule has 2 aromatic heterocycles. The van der Waals surface area contributed by atoms with Gasteiger partial charge in [-0.3, -0.25) is 9.36 Å². The first-order valence-corrected chi connectivity index (χ1v) is 6.63. The summed E-state index contributed by atoms with van der Waals surface area (Å²) in [6.07, 6.45) is 8.19. The molecular weight excluding hydrogens is 252 g/mol. The van der Waals surface area contributed by atoms with Gasteiger partial charge in [-0.2, -0.15) is 10.2 Å². The van der Waals surface area contributed by atoms with Gasteiger partial charge < -0.3 is 9.80 Å². The monoisotopic (exact) mass is 274 g/mol. The van der Waals surface area contributed by atoms with Crippen molar-refractivity contribution in [3.8, 4) is 0 Å². The molecule has 2 heterocycles. The smallest absolute Gasteiger partial charge is 0.150 e. The van der Waals surface area contributed by atoms with E-state index in [9.17, 15) is 0 Å². The van der Waals surface area contributed by atoms with Crippen LogP contribution in [0.4, 0.5) is 11.6 Å². The molecule has 0 atom stereocenters. The fourth-order valence-electron chi connectivity index (χ4n) is 1.87. The predicted octanol–water partition coefficient (Wildman–Crippen LogP) is 1.28. The summed E-state index contributed by atoms with van der Waals surface area (Å²) >= 11 is 0. The maximum Gasteiger partial charge on any atom is 0.150 e. The SMILES string of the molecule is CN(CC=CCN(C)c1ccn(C)n1)c1ccn(C)n1. The quantitative estimate of drug-likeness (QED) is 0.744. The van der Waals surface area contributed by atoms with Crippen molar-refractivity contribution < 1.29 is 0 Å². The first kappa shape index (κ1) is 14.2. The molecule has 0 spiro atoms. The minimum absolute atomic E-state index is 0.840. The number of anilines is 2. The standard InChI is InChI=1S/C14H22N6/c1-17(13-7-11-19(3)15-13)9-5-6-10-18(2)14-8-12-20(4)16-14/h5-8,11-12H,9-10H2,1-4H3. The Labute approximate surface area is 119 Å². The maximum atomic E-state index is 4.36. The van der Waals surface area contributed by atoms with Crippen LogP contribution in [0.3, 0.4) is 0 Å². The molecule has 0 unspecified atom stereocenters. The Morgan fingerprint density at radius 2 is 1.30 bits per heavy atom. The van der Waals surface area contributed by atoms with Crippen molar-refractivity contribution in [2.24, 2.45) is 14.1 Å². The van der Waals surface area contributed by atoms with Crippen LogP contribution in [0.2, 0.25) is 0 Å². The van der Waals surface area contributed by atoms with Gasteiger partial charge in [0.15, 0.2) is 11.6 Å². The minimum Gasteiger partial charge on any atom is -0.354 e. The summed E-state index contributed by atoms with van der Waals surface area (Å²) in [7, 11) is 7.92. The Morgan fingerprint density at radius 3 is 1.60 bits per heavy atom. The third kappa shape index (κ3) is 3.63. The number of nitrogens with zero attached hydrogens (tertiary/aromatic N) is 6. The van der Waals surface area contributed by atoms with E-state index in [2.05, 4.69) is 32.1 Å². The van der Waals surface area contributed by atoms with Crippen molar-refractivity contribution in [2.45, 2.75) is 0 Å². The van der Waals surface area contributed by atoms with E-state index in [4.69, 9.17) is 0 Å². The number of aromatic nitrogens is 4. The summed E-state index contributed by atoms with van der Waals surface area (Å²) in [5.41, 5.74) is 0. The zero-order chi connectivity index (χ0) is 14.5. The lowest BCUT2D eigenvalue weighted by Crippen LogP contribution is -2.20. The molecule has 2 aromatic rings. The number of hydrogen-bond acceptors (Lipinski definition) is 4. The molecule has 0 N–H and O–H groups in total. The highest BCUT2D eigenvalue weighted by molar-refractivity contribution is 5.38. The average molecular weight is 274 g/mol. The summed E-state index contributed by atoms with van der Waals surface area (Å²) in [5.74, 6) is 1.96. The molecule has 0 aliphatic heterocycles. The summed E-state index contributed by atoms with van der Waals surface area (Å²) in [6.45, 7) is 1.68. The summed E-state index contributed by atoms with van der Waals surface area (Å²) in [4.78, 5) is 4.22. The van der Waals surface area contributed by atoms with E-state index in [1.54, 1.807) is 0 Å². The molecule has 0 amide bonds. The van der Waals surface area contributed by atoms with Crippen molar-refractivity contribution >= 4 is 11.6 Å². The van der Waals surface area contributed by atoms with Crippen LogP contribution in [0.5, 0.6) is 0 Å². The molecule has 0 bridgehead atoms. The van der Waals surface area contributed by atoms with Crippen molar-refractivity contribution in [3.05, 3.63) is 36.7 Å². The van der Waals surface area contributed by atoms with E-state index in [0.717, 1.165) is 24.7 Å². The molecule has 6 nitrogen and oxygen atoms in total. The number of rotatable bonds is 6. The van der Waals surface area contributed by atoms with Gasteiger partial charge in [0.05, 0.1) is 0 Å². The van der Waals surface area contributed by atoms with Gasteiger partial charge in [-0.25, -0.2) is 0 Å². The molecule has 0 saturated carbocycles. The largest absolute Gasteiger partial charge is 0.354 e. The zero-order valence-electron chi connectivity index (χ0n) is 12.6. The van der Waals surface area contributed by atoms with Crippen LogP contribution in [-0.4, -0.2) is 46.7 Å². The molecule has 0 fully saturated rings. The lowest BCUT2D eigenvalue weighted by molar-refractivity contribution is 0.757. The van der Waals surface area contributed by atoms with Crippen LogP contribution in [0.25, 0.3) is 0 Å². The second-order valence-corrected chi connectivity index (χ2v) is 4.93. The van der Waals surface area contributed by atoms with Gasteiger partial charge in [-0.15, -0.1) is 0 Å². The van der Waals surface area contributed by atoms with Crippen LogP contribution in [0.15, 0.2) is 36.7 Å². The highest BCUT2D eigenvalue weighted by Crippen LogP contribution is 2.08. The topological polar surface area (TPSA) is 42.1 Å². The molecule has 108 valence electrons. The lowest BCUT2D eigenvalue weighted by atomic mass is 10.4. The molecule has 0 aromatic carbocycles. The van der Waals surface area contributed by atoms with E-state index in [0.29, 0.717) is 0 Å². The Kier molecular flexibility index (Phi) is 4.45. The predicted molar refractivity (Wildman–Crippen MR) is 82.1 cm³/mol. The molecule has 0 aliphatic carbocycles. The highest BCUT2D eigenvalue weighted by Gasteiger charge is 2.02. The van der Waals surface area contributed by atoms with E-state index in [-0.39, 0.29) is 0 Å². The van der Waals surface area contributed by atoms with Gasteiger partial charge >= 0.3 is 0 Å². The Hall–Kier alpha value is -2.24. The highest BCUT2D eigenvalue weighted by atomic mass is 15.3. The third-order valence-electron chi connectivity index (χ3n) is 3.11. The summed E-state index contributed by atoms with van der Waals surface area (Å²) in [6, 6.07) is 4.02. The van der Waals surface area contributed by atoms with Gasteiger partial charge in [-0.1, -0.05) is 12.2 Å². The van der Waals surface area contributed by atoms with Crippen molar-refractivity contribution in [3.63, 3.8) is 0 Å². The number of hydrogen-bond donors (Lipinski definition) is 0. The van der Waals surface area contributed by atoms with Crippen LogP contribution < -0.4 is 9.80 Å². The van der Waals surface area contributed by atoms with Gasteiger partial charge in [0, 0.05) is 65.8 Å². The normalized spacial score (nSPS) is 11.2. The van der Waals surface area contributed by atoms with Crippen molar-refractivity contribution in [2.75, 3.05) is 37.0 Å². The van der Waals surface area contributed by atoms with Crippen LogP contribution in [-0.2, 0) is 14.1 Å². The molecule has 20 heavy (non-hydrogen) atoms. The second kappa shape index (κ2) is 6.27. The fraction of sp³-hybridized carbons (Fsp3) is 0.429. The summed E-state index contributed by atoms with van der Waals surface area (Å²) in [5, 5.41) is 8.72. The van der Waals surface area contributed by atoms with Gasteiger partial charge in [0.2, 0.25) is 0 Å². The maximum absolute atomic E-state index is 4.36. The van der Waals surface area contributed by atoms with E-state index < -0.39 is 0 Å². The lowest BCUT2D eigenvalue weighted by Gasteiger charge is -2.15. The van der Waals surface area contributed by atoms with Crippen LogP contribution in [0.1, 0.15) is 0 Å². The Balaban J connectivity index is 1.79. The molecule has 2 rings (SSSR count).